The summed E-state index contributed by atoms with van der Waals surface area (Å²) in [4.78, 5) is 0. The molecule has 16 heavy (non-hydrogen) atoms. The second-order valence-corrected chi connectivity index (χ2v) is 4.38. The Morgan fingerprint density at radius 1 is 1.31 bits per heavy atom. The van der Waals surface area contributed by atoms with E-state index in [4.69, 9.17) is 0 Å². The van der Waals surface area contributed by atoms with Crippen LogP contribution in [0.4, 0.5) is 5.69 Å². The van der Waals surface area contributed by atoms with Crippen LogP contribution in [0.3, 0.4) is 0 Å². The van der Waals surface area contributed by atoms with Gasteiger partial charge in [-0.1, -0.05) is 27.2 Å². The lowest BCUT2D eigenvalue weighted by atomic mass is 10.1. The topological polar surface area (TPSA) is 29.9 Å². The molecule has 1 aromatic rings. The smallest absolute Gasteiger partial charge is 0.0758 e. The van der Waals surface area contributed by atoms with Crippen molar-refractivity contribution in [3.05, 3.63) is 11.9 Å². The quantitative estimate of drug-likeness (QED) is 0.765. The number of aromatic nitrogens is 2. The zero-order valence-corrected chi connectivity index (χ0v) is 11.1. The molecule has 1 rings (SSSR count). The highest BCUT2D eigenvalue weighted by atomic mass is 15.3. The molecule has 0 bridgehead atoms. The summed E-state index contributed by atoms with van der Waals surface area (Å²) in [6.45, 7) is 9.83. The monoisotopic (exact) mass is 223 g/mol. The van der Waals surface area contributed by atoms with Gasteiger partial charge < -0.3 is 5.32 Å². The summed E-state index contributed by atoms with van der Waals surface area (Å²) in [5.41, 5.74) is 2.46. The van der Waals surface area contributed by atoms with E-state index in [1.54, 1.807) is 0 Å². The standard InChI is InChI=1S/C13H25N3/c1-5-8-9-16-11(4)13(10-14-16)15-12(6-2)7-3/h10,12,15H,5-9H2,1-4H3. The van der Waals surface area contributed by atoms with Crippen molar-refractivity contribution in [3.8, 4) is 0 Å². The number of aryl methyl sites for hydroxylation is 1. The zero-order chi connectivity index (χ0) is 12.0. The maximum Gasteiger partial charge on any atom is 0.0758 e. The number of anilines is 1. The van der Waals surface area contributed by atoms with Crippen molar-refractivity contribution in [2.24, 2.45) is 0 Å². The van der Waals surface area contributed by atoms with Crippen LogP contribution >= 0.6 is 0 Å². The minimum atomic E-state index is 0.572. The highest BCUT2D eigenvalue weighted by Crippen LogP contribution is 2.17. The third-order valence-electron chi connectivity index (χ3n) is 3.17. The van der Waals surface area contributed by atoms with Gasteiger partial charge in [0, 0.05) is 12.6 Å². The van der Waals surface area contributed by atoms with Crippen molar-refractivity contribution in [3.63, 3.8) is 0 Å². The minimum absolute atomic E-state index is 0.572. The van der Waals surface area contributed by atoms with Gasteiger partial charge in [-0.3, -0.25) is 4.68 Å². The molecule has 92 valence electrons. The predicted octanol–water partition coefficient (Wildman–Crippen LogP) is 3.59. The van der Waals surface area contributed by atoms with Crippen molar-refractivity contribution in [1.29, 1.82) is 0 Å². The van der Waals surface area contributed by atoms with Crippen molar-refractivity contribution >= 4 is 5.69 Å². The van der Waals surface area contributed by atoms with Gasteiger partial charge in [-0.15, -0.1) is 0 Å². The van der Waals surface area contributed by atoms with Crippen LogP contribution in [0.1, 0.15) is 52.1 Å². The van der Waals surface area contributed by atoms with Crippen molar-refractivity contribution in [1.82, 2.24) is 9.78 Å². The summed E-state index contributed by atoms with van der Waals surface area (Å²) >= 11 is 0. The number of unbranched alkanes of at least 4 members (excludes halogenated alkanes) is 1. The number of hydrogen-bond acceptors (Lipinski definition) is 2. The van der Waals surface area contributed by atoms with Gasteiger partial charge >= 0.3 is 0 Å². The number of nitrogens with zero attached hydrogens (tertiary/aromatic N) is 2. The zero-order valence-electron chi connectivity index (χ0n) is 11.1. The van der Waals surface area contributed by atoms with Gasteiger partial charge in [0.05, 0.1) is 17.6 Å². The maximum absolute atomic E-state index is 4.43. The van der Waals surface area contributed by atoms with E-state index in [-0.39, 0.29) is 0 Å². The molecule has 1 aromatic heterocycles. The lowest BCUT2D eigenvalue weighted by molar-refractivity contribution is 0.559. The highest BCUT2D eigenvalue weighted by Gasteiger charge is 2.09. The summed E-state index contributed by atoms with van der Waals surface area (Å²) in [7, 11) is 0. The fraction of sp³-hybridized carbons (Fsp3) is 0.769. The van der Waals surface area contributed by atoms with E-state index in [1.165, 1.54) is 24.2 Å². The Bertz CT molecular complexity index is 300. The molecular weight excluding hydrogens is 198 g/mol. The molecule has 0 radical (unpaired) electrons. The third-order valence-corrected chi connectivity index (χ3v) is 3.17. The predicted molar refractivity (Wildman–Crippen MR) is 69.9 cm³/mol. The van der Waals surface area contributed by atoms with Crippen LogP contribution in [-0.2, 0) is 6.54 Å². The Balaban J connectivity index is 2.63. The lowest BCUT2D eigenvalue weighted by Gasteiger charge is -2.15. The summed E-state index contributed by atoms with van der Waals surface area (Å²) in [5, 5.41) is 7.99. The fourth-order valence-electron chi connectivity index (χ4n) is 1.83. The molecule has 0 aliphatic carbocycles. The lowest BCUT2D eigenvalue weighted by Crippen LogP contribution is -2.17. The number of rotatable bonds is 7. The van der Waals surface area contributed by atoms with Crippen LogP contribution in [0.25, 0.3) is 0 Å². The Labute approximate surface area is 99.2 Å². The molecule has 1 heterocycles. The second kappa shape index (κ2) is 6.56. The first-order valence-electron chi connectivity index (χ1n) is 6.51. The van der Waals surface area contributed by atoms with Gasteiger partial charge in [-0.05, 0) is 26.2 Å². The van der Waals surface area contributed by atoms with E-state index in [0.29, 0.717) is 6.04 Å². The molecular formula is C13H25N3. The Morgan fingerprint density at radius 3 is 2.56 bits per heavy atom. The maximum atomic E-state index is 4.43. The molecule has 1 N–H and O–H groups in total. The molecule has 3 nitrogen and oxygen atoms in total. The Morgan fingerprint density at radius 2 is 2.00 bits per heavy atom. The summed E-state index contributed by atoms with van der Waals surface area (Å²) in [6.07, 6.45) is 6.71. The molecule has 0 aromatic carbocycles. The van der Waals surface area contributed by atoms with E-state index in [2.05, 4.69) is 42.8 Å². The van der Waals surface area contributed by atoms with Gasteiger partial charge in [-0.2, -0.15) is 5.10 Å². The van der Waals surface area contributed by atoms with Crippen LogP contribution < -0.4 is 5.32 Å². The third kappa shape index (κ3) is 3.26. The van der Waals surface area contributed by atoms with E-state index in [0.717, 1.165) is 19.4 Å². The Kier molecular flexibility index (Phi) is 5.36. The van der Waals surface area contributed by atoms with Crippen LogP contribution in [0, 0.1) is 6.92 Å². The van der Waals surface area contributed by atoms with Crippen LogP contribution in [0.15, 0.2) is 6.20 Å². The van der Waals surface area contributed by atoms with Gasteiger partial charge in [0.15, 0.2) is 0 Å². The second-order valence-electron chi connectivity index (χ2n) is 4.38. The molecule has 0 fully saturated rings. The van der Waals surface area contributed by atoms with E-state index in [9.17, 15) is 0 Å². The summed E-state index contributed by atoms with van der Waals surface area (Å²) < 4.78 is 2.11. The van der Waals surface area contributed by atoms with Crippen LogP contribution in [0.2, 0.25) is 0 Å². The molecule has 0 saturated heterocycles. The molecule has 0 aliphatic rings. The fourth-order valence-corrected chi connectivity index (χ4v) is 1.83. The van der Waals surface area contributed by atoms with Crippen molar-refractivity contribution in [2.45, 2.75) is 66.0 Å². The largest absolute Gasteiger partial charge is 0.380 e. The van der Waals surface area contributed by atoms with Gasteiger partial charge in [0.1, 0.15) is 0 Å². The van der Waals surface area contributed by atoms with Crippen molar-refractivity contribution in [2.75, 3.05) is 5.32 Å². The number of nitrogens with one attached hydrogen (secondary N) is 1. The van der Waals surface area contributed by atoms with Crippen molar-refractivity contribution < 1.29 is 0 Å². The van der Waals surface area contributed by atoms with E-state index in [1.807, 2.05) is 6.20 Å². The summed E-state index contributed by atoms with van der Waals surface area (Å²) in [5.74, 6) is 0. The highest BCUT2D eigenvalue weighted by molar-refractivity contribution is 5.46. The van der Waals surface area contributed by atoms with Crippen LogP contribution in [0.5, 0.6) is 0 Å². The Hall–Kier alpha value is -0.990. The molecule has 0 unspecified atom stereocenters. The molecule has 0 atom stereocenters. The molecule has 0 spiro atoms. The first-order valence-corrected chi connectivity index (χ1v) is 6.51. The molecule has 0 saturated carbocycles. The average Bonchev–Trinajstić information content (AvgIpc) is 2.65. The molecule has 0 amide bonds. The van der Waals surface area contributed by atoms with Gasteiger partial charge in [0.25, 0.3) is 0 Å². The molecule has 3 heteroatoms. The minimum Gasteiger partial charge on any atom is -0.380 e. The van der Waals surface area contributed by atoms with Gasteiger partial charge in [0.2, 0.25) is 0 Å². The van der Waals surface area contributed by atoms with Gasteiger partial charge in [-0.25, -0.2) is 0 Å². The average molecular weight is 223 g/mol. The normalized spacial score (nSPS) is 11.1. The van der Waals surface area contributed by atoms with Crippen LogP contribution in [-0.4, -0.2) is 15.8 Å². The first kappa shape index (κ1) is 13.1. The molecule has 0 aliphatic heterocycles. The number of hydrogen-bond donors (Lipinski definition) is 1. The first-order chi connectivity index (χ1) is 7.72. The summed E-state index contributed by atoms with van der Waals surface area (Å²) in [6, 6.07) is 0.572. The van der Waals surface area contributed by atoms with E-state index < -0.39 is 0 Å². The SMILES string of the molecule is CCCCn1ncc(NC(CC)CC)c1C. The van der Waals surface area contributed by atoms with E-state index >= 15 is 0 Å².